The summed E-state index contributed by atoms with van der Waals surface area (Å²) in [5.41, 5.74) is 3.81. The van der Waals surface area contributed by atoms with Gasteiger partial charge in [0.2, 0.25) is 0 Å². The minimum atomic E-state index is 0.894. The van der Waals surface area contributed by atoms with Crippen LogP contribution in [0.15, 0.2) is 35.4 Å². The molecule has 3 rings (SSSR count). The highest BCUT2D eigenvalue weighted by atomic mass is 32.2. The molecular weight excluding hydrogens is 264 g/mol. The van der Waals surface area contributed by atoms with Gasteiger partial charge in [0.1, 0.15) is 5.03 Å². The largest absolute Gasteiger partial charge is 0.233 e. The van der Waals surface area contributed by atoms with Crippen LogP contribution in [0.3, 0.4) is 0 Å². The van der Waals surface area contributed by atoms with E-state index in [9.17, 15) is 0 Å². The van der Waals surface area contributed by atoms with Crippen LogP contribution in [0.4, 0.5) is 0 Å². The molecule has 0 fully saturated rings. The van der Waals surface area contributed by atoms with Crippen molar-refractivity contribution in [1.29, 1.82) is 0 Å². The van der Waals surface area contributed by atoms with Gasteiger partial charge in [-0.1, -0.05) is 43.7 Å². The number of benzene rings is 1. The molecule has 104 valence electrons. The summed E-state index contributed by atoms with van der Waals surface area (Å²) < 4.78 is 0. The summed E-state index contributed by atoms with van der Waals surface area (Å²) in [5, 5.41) is 1.22. The van der Waals surface area contributed by atoms with Crippen molar-refractivity contribution in [1.82, 2.24) is 9.97 Å². The smallest absolute Gasteiger partial charge is 0.160 e. The fourth-order valence-corrected chi connectivity index (χ4v) is 3.72. The second kappa shape index (κ2) is 6.40. The molecule has 0 aliphatic heterocycles. The zero-order valence-electron chi connectivity index (χ0n) is 11.9. The van der Waals surface area contributed by atoms with E-state index in [1.807, 2.05) is 17.8 Å². The Kier molecular flexibility index (Phi) is 4.36. The molecule has 1 heterocycles. The normalized spacial score (nSPS) is 13.4. The standard InChI is InChI=1S/C17H20N2S/c1-2-3-12-20-17-14-10-7-11-15(14)18-16(19-17)13-8-5-4-6-9-13/h4-6,8-9H,2-3,7,10-12H2,1H3. The fourth-order valence-electron chi connectivity index (χ4n) is 2.55. The van der Waals surface area contributed by atoms with Gasteiger partial charge in [-0.3, -0.25) is 0 Å². The van der Waals surface area contributed by atoms with Crippen molar-refractivity contribution in [2.45, 2.75) is 44.1 Å². The third-order valence-corrected chi connectivity index (χ3v) is 4.77. The molecule has 0 N–H and O–H groups in total. The molecule has 0 spiro atoms. The minimum absolute atomic E-state index is 0.894. The van der Waals surface area contributed by atoms with Crippen LogP contribution in [0.1, 0.15) is 37.4 Å². The summed E-state index contributed by atoms with van der Waals surface area (Å²) in [7, 11) is 0. The molecule has 20 heavy (non-hydrogen) atoms. The Hall–Kier alpha value is -1.35. The van der Waals surface area contributed by atoms with Crippen molar-refractivity contribution in [2.24, 2.45) is 0 Å². The zero-order chi connectivity index (χ0) is 13.8. The summed E-state index contributed by atoms with van der Waals surface area (Å²) in [6, 6.07) is 10.3. The molecule has 0 atom stereocenters. The predicted molar refractivity (Wildman–Crippen MR) is 85.1 cm³/mol. The van der Waals surface area contributed by atoms with Gasteiger partial charge < -0.3 is 0 Å². The number of aryl methyl sites for hydroxylation is 1. The zero-order valence-corrected chi connectivity index (χ0v) is 12.7. The fraction of sp³-hybridized carbons (Fsp3) is 0.412. The number of thioether (sulfide) groups is 1. The van der Waals surface area contributed by atoms with Crippen LogP contribution in [-0.2, 0) is 12.8 Å². The lowest BCUT2D eigenvalue weighted by Crippen LogP contribution is -1.99. The molecule has 0 bridgehead atoms. The molecule has 2 nitrogen and oxygen atoms in total. The lowest BCUT2D eigenvalue weighted by Gasteiger charge is -2.09. The first-order chi connectivity index (χ1) is 9.88. The van der Waals surface area contributed by atoms with Crippen molar-refractivity contribution in [3.8, 4) is 11.4 Å². The SMILES string of the molecule is CCCCSc1nc(-c2ccccc2)nc2c1CCC2. The van der Waals surface area contributed by atoms with Gasteiger partial charge in [-0.2, -0.15) is 0 Å². The number of rotatable bonds is 5. The van der Waals surface area contributed by atoms with E-state index < -0.39 is 0 Å². The number of unbranched alkanes of at least 4 members (excludes halogenated alkanes) is 1. The van der Waals surface area contributed by atoms with Crippen LogP contribution in [0.25, 0.3) is 11.4 Å². The third kappa shape index (κ3) is 2.88. The lowest BCUT2D eigenvalue weighted by atomic mass is 10.2. The maximum atomic E-state index is 4.84. The molecule has 1 aromatic heterocycles. The summed E-state index contributed by atoms with van der Waals surface area (Å²) >= 11 is 1.91. The summed E-state index contributed by atoms with van der Waals surface area (Å²) in [6.45, 7) is 2.24. The van der Waals surface area contributed by atoms with Crippen LogP contribution >= 0.6 is 11.8 Å². The molecule has 0 saturated heterocycles. The van der Waals surface area contributed by atoms with E-state index in [2.05, 4.69) is 31.2 Å². The average molecular weight is 284 g/mol. The number of fused-ring (bicyclic) bond motifs is 1. The molecule has 2 aromatic rings. The Labute approximate surface area is 125 Å². The first kappa shape index (κ1) is 13.6. The Morgan fingerprint density at radius 3 is 2.75 bits per heavy atom. The molecule has 1 aliphatic carbocycles. The monoisotopic (exact) mass is 284 g/mol. The molecule has 0 saturated carbocycles. The first-order valence-electron chi connectivity index (χ1n) is 7.46. The topological polar surface area (TPSA) is 25.8 Å². The highest BCUT2D eigenvalue weighted by molar-refractivity contribution is 7.99. The maximum Gasteiger partial charge on any atom is 0.160 e. The minimum Gasteiger partial charge on any atom is -0.233 e. The van der Waals surface area contributed by atoms with Crippen LogP contribution in [0, 0.1) is 0 Å². The Bertz CT molecular complexity index is 581. The van der Waals surface area contributed by atoms with Crippen LogP contribution in [0.5, 0.6) is 0 Å². The molecule has 0 amide bonds. The van der Waals surface area contributed by atoms with Gasteiger partial charge in [0, 0.05) is 16.8 Å². The molecule has 0 unspecified atom stereocenters. The lowest BCUT2D eigenvalue weighted by molar-refractivity contribution is 0.887. The van der Waals surface area contributed by atoms with E-state index >= 15 is 0 Å². The highest BCUT2D eigenvalue weighted by Gasteiger charge is 2.19. The van der Waals surface area contributed by atoms with E-state index in [0.29, 0.717) is 0 Å². The molecule has 1 aromatic carbocycles. The van der Waals surface area contributed by atoms with Crippen LogP contribution in [0.2, 0.25) is 0 Å². The summed E-state index contributed by atoms with van der Waals surface area (Å²) in [6.07, 6.45) is 5.98. The van der Waals surface area contributed by atoms with E-state index in [4.69, 9.17) is 9.97 Å². The van der Waals surface area contributed by atoms with Gasteiger partial charge in [-0.15, -0.1) is 11.8 Å². The van der Waals surface area contributed by atoms with Crippen molar-refractivity contribution < 1.29 is 0 Å². The van der Waals surface area contributed by atoms with Crippen LogP contribution < -0.4 is 0 Å². The van der Waals surface area contributed by atoms with Gasteiger partial charge in [0.05, 0.1) is 0 Å². The van der Waals surface area contributed by atoms with Crippen molar-refractivity contribution in [2.75, 3.05) is 5.75 Å². The second-order valence-electron chi connectivity index (χ2n) is 5.20. The Morgan fingerprint density at radius 1 is 1.10 bits per heavy atom. The summed E-state index contributed by atoms with van der Waals surface area (Å²) in [4.78, 5) is 9.63. The number of hydrogen-bond donors (Lipinski definition) is 0. The van der Waals surface area contributed by atoms with Crippen molar-refractivity contribution >= 4 is 11.8 Å². The van der Waals surface area contributed by atoms with E-state index in [1.54, 1.807) is 0 Å². The van der Waals surface area contributed by atoms with Gasteiger partial charge >= 0.3 is 0 Å². The number of hydrogen-bond acceptors (Lipinski definition) is 3. The highest BCUT2D eigenvalue weighted by Crippen LogP contribution is 2.32. The Balaban J connectivity index is 1.94. The molecular formula is C17H20N2S. The van der Waals surface area contributed by atoms with Gasteiger partial charge in [0.25, 0.3) is 0 Å². The number of nitrogens with zero attached hydrogens (tertiary/aromatic N) is 2. The van der Waals surface area contributed by atoms with Crippen molar-refractivity contribution in [3.05, 3.63) is 41.6 Å². The van der Waals surface area contributed by atoms with Gasteiger partial charge in [-0.25, -0.2) is 9.97 Å². The molecule has 3 heteroatoms. The van der Waals surface area contributed by atoms with E-state index in [-0.39, 0.29) is 0 Å². The Morgan fingerprint density at radius 2 is 1.95 bits per heavy atom. The molecule has 0 radical (unpaired) electrons. The first-order valence-corrected chi connectivity index (χ1v) is 8.45. The average Bonchev–Trinajstić information content (AvgIpc) is 2.97. The predicted octanol–water partition coefficient (Wildman–Crippen LogP) is 4.52. The van der Waals surface area contributed by atoms with Gasteiger partial charge in [-0.05, 0) is 31.4 Å². The van der Waals surface area contributed by atoms with Crippen molar-refractivity contribution in [3.63, 3.8) is 0 Å². The van der Waals surface area contributed by atoms with E-state index in [0.717, 1.165) is 30.0 Å². The maximum absolute atomic E-state index is 4.84. The number of aromatic nitrogens is 2. The quantitative estimate of drug-likeness (QED) is 0.458. The third-order valence-electron chi connectivity index (χ3n) is 3.66. The van der Waals surface area contributed by atoms with Crippen LogP contribution in [-0.4, -0.2) is 15.7 Å². The van der Waals surface area contributed by atoms with Gasteiger partial charge in [0.15, 0.2) is 5.82 Å². The van der Waals surface area contributed by atoms with E-state index in [1.165, 1.54) is 35.5 Å². The summed E-state index contributed by atoms with van der Waals surface area (Å²) in [5.74, 6) is 2.05. The second-order valence-corrected chi connectivity index (χ2v) is 6.28. The molecule has 1 aliphatic rings.